The SMILES string of the molecule is COC(=O)C12CCC(CCN3CCc4c(nc(C(=O)Nc5cccc(-c6cccc7c6CCN7C(=O)c6cc7n(n6)CCCC7NCC(=O)O)c5C)n4C)C3)(CC1)C2. The van der Waals surface area contributed by atoms with E-state index >= 15 is 0 Å². The number of amides is 2. The number of rotatable bonds is 11. The molecule has 58 heavy (non-hydrogen) atoms. The Balaban J connectivity index is 0.880. The molecular formula is C44H52N8O6. The van der Waals surface area contributed by atoms with Gasteiger partial charge in [0.15, 0.2) is 11.5 Å². The van der Waals surface area contributed by atoms with E-state index in [4.69, 9.17) is 9.72 Å². The number of nitrogens with one attached hydrogen (secondary N) is 2. The third-order valence-corrected chi connectivity index (χ3v) is 14.0. The van der Waals surface area contributed by atoms with Crippen LogP contribution < -0.4 is 15.5 Å². The first kappa shape index (κ1) is 38.2. The third-order valence-electron chi connectivity index (χ3n) is 14.0. The van der Waals surface area contributed by atoms with Crippen molar-refractivity contribution in [3.8, 4) is 11.1 Å². The van der Waals surface area contributed by atoms with Gasteiger partial charge < -0.3 is 24.6 Å². The van der Waals surface area contributed by atoms with E-state index in [9.17, 15) is 24.3 Å². The van der Waals surface area contributed by atoms with Gasteiger partial charge in [-0.3, -0.25) is 34.1 Å². The number of carbonyl (C=O) groups excluding carboxylic acids is 3. The molecule has 2 amide bonds. The average molecular weight is 789 g/mol. The molecule has 0 spiro atoms. The zero-order valence-corrected chi connectivity index (χ0v) is 33.6. The third kappa shape index (κ3) is 6.59. The Labute approximate surface area is 337 Å². The molecule has 2 aromatic heterocycles. The van der Waals surface area contributed by atoms with Crippen LogP contribution >= 0.6 is 0 Å². The Morgan fingerprint density at radius 3 is 2.59 bits per heavy atom. The van der Waals surface area contributed by atoms with Crippen LogP contribution in [0.1, 0.15) is 107 Å². The van der Waals surface area contributed by atoms with E-state index in [1.54, 1.807) is 11.0 Å². The van der Waals surface area contributed by atoms with Crippen molar-refractivity contribution in [2.24, 2.45) is 17.9 Å². The first-order valence-corrected chi connectivity index (χ1v) is 20.7. The highest BCUT2D eigenvalue weighted by molar-refractivity contribution is 6.07. The summed E-state index contributed by atoms with van der Waals surface area (Å²) in [6.07, 6.45) is 9.20. The number of imidazole rings is 1. The summed E-state index contributed by atoms with van der Waals surface area (Å²) in [5.74, 6) is -0.992. The van der Waals surface area contributed by atoms with Crippen molar-refractivity contribution in [2.45, 2.75) is 90.3 Å². The summed E-state index contributed by atoms with van der Waals surface area (Å²) in [7, 11) is 3.43. The number of nitrogens with zero attached hydrogens (tertiary/aromatic N) is 6. The summed E-state index contributed by atoms with van der Waals surface area (Å²) >= 11 is 0. The van der Waals surface area contributed by atoms with Crippen LogP contribution in [-0.4, -0.2) is 86.4 Å². The van der Waals surface area contributed by atoms with Gasteiger partial charge in [0.2, 0.25) is 0 Å². The number of ether oxygens (including phenoxy) is 1. The van der Waals surface area contributed by atoms with E-state index in [0.29, 0.717) is 43.3 Å². The van der Waals surface area contributed by atoms with E-state index in [-0.39, 0.29) is 41.2 Å². The molecule has 3 N–H and O–H groups in total. The number of hydrogen-bond donors (Lipinski definition) is 3. The largest absolute Gasteiger partial charge is 0.480 e. The van der Waals surface area contributed by atoms with Gasteiger partial charge in [-0.15, -0.1) is 0 Å². The Morgan fingerprint density at radius 1 is 1.00 bits per heavy atom. The zero-order chi connectivity index (χ0) is 40.3. The molecule has 5 heterocycles. The van der Waals surface area contributed by atoms with Crippen LogP contribution in [0.5, 0.6) is 0 Å². The number of aryl methyl sites for hydroxylation is 1. The van der Waals surface area contributed by atoms with Crippen LogP contribution in [0.4, 0.5) is 11.4 Å². The topological polar surface area (TPSA) is 164 Å². The number of methoxy groups -OCH3 is 1. The fourth-order valence-electron chi connectivity index (χ4n) is 10.8. The highest BCUT2D eigenvalue weighted by Gasteiger charge is 2.58. The van der Waals surface area contributed by atoms with Crippen molar-refractivity contribution in [3.63, 3.8) is 0 Å². The monoisotopic (exact) mass is 788 g/mol. The van der Waals surface area contributed by atoms with Crippen molar-refractivity contribution in [3.05, 3.63) is 82.2 Å². The predicted molar refractivity (Wildman–Crippen MR) is 217 cm³/mol. The standard InChI is InChI=1S/C44H52N8O6/c1-27-28(29-8-5-11-35-30(29)12-21-51(35)41(56)33-23-37-32(45-24-38(53)54)10-6-19-52(37)48-33)7-4-9-31(27)47-40(55)39-46-34-25-50(20-13-36(34)49(39)2)22-18-43-14-16-44(26-43,17-15-43)42(57)58-3/h4-5,7-9,11,23,32,45H,6,10,12-22,24-26H2,1-3H3,(H,47,55)(H,53,54). The lowest BCUT2D eigenvalue weighted by atomic mass is 9.80. The minimum absolute atomic E-state index is 0.0325. The number of aromatic nitrogens is 4. The maximum atomic E-state index is 14.0. The summed E-state index contributed by atoms with van der Waals surface area (Å²) in [6, 6.07) is 13.6. The molecule has 5 aliphatic rings. The normalized spacial score (nSPS) is 23.4. The number of carbonyl (C=O) groups is 4. The highest BCUT2D eigenvalue weighted by Crippen LogP contribution is 2.63. The number of benzene rings is 2. The molecule has 2 bridgehead atoms. The summed E-state index contributed by atoms with van der Waals surface area (Å²) < 4.78 is 8.95. The Kier molecular flexibility index (Phi) is 9.74. The van der Waals surface area contributed by atoms with E-state index in [1.807, 2.05) is 47.5 Å². The second-order valence-corrected chi connectivity index (χ2v) is 17.2. The van der Waals surface area contributed by atoms with E-state index in [1.165, 1.54) is 7.11 Å². The molecule has 14 heteroatoms. The Bertz CT molecular complexity index is 2320. The van der Waals surface area contributed by atoms with Crippen LogP contribution in [0.2, 0.25) is 0 Å². The number of hydrogen-bond acceptors (Lipinski definition) is 9. The van der Waals surface area contributed by atoms with Crippen LogP contribution in [0, 0.1) is 17.8 Å². The molecule has 2 saturated carbocycles. The van der Waals surface area contributed by atoms with Crippen LogP contribution in [0.3, 0.4) is 0 Å². The van der Waals surface area contributed by atoms with Crippen molar-refractivity contribution in [1.29, 1.82) is 0 Å². The van der Waals surface area contributed by atoms with Gasteiger partial charge in [0.25, 0.3) is 11.8 Å². The minimum Gasteiger partial charge on any atom is -0.480 e. The summed E-state index contributed by atoms with van der Waals surface area (Å²) in [5.41, 5.74) is 8.74. The van der Waals surface area contributed by atoms with Crippen LogP contribution in [0.25, 0.3) is 11.1 Å². The lowest BCUT2D eigenvalue weighted by Crippen LogP contribution is -2.34. The number of anilines is 2. The number of esters is 1. The molecule has 3 aliphatic heterocycles. The van der Waals surface area contributed by atoms with Gasteiger partial charge in [0, 0.05) is 62.8 Å². The fraction of sp³-hybridized carbons (Fsp3) is 0.500. The highest BCUT2D eigenvalue weighted by atomic mass is 16.5. The van der Waals surface area contributed by atoms with Crippen molar-refractivity contribution >= 4 is 35.1 Å². The maximum Gasteiger partial charge on any atom is 0.317 e. The predicted octanol–water partition coefficient (Wildman–Crippen LogP) is 5.43. The first-order valence-electron chi connectivity index (χ1n) is 20.7. The molecule has 304 valence electrons. The van der Waals surface area contributed by atoms with Crippen molar-refractivity contribution in [1.82, 2.24) is 29.5 Å². The van der Waals surface area contributed by atoms with Gasteiger partial charge >= 0.3 is 11.9 Å². The van der Waals surface area contributed by atoms with E-state index in [0.717, 1.165) is 116 Å². The van der Waals surface area contributed by atoms with Crippen LogP contribution in [0.15, 0.2) is 42.5 Å². The quantitative estimate of drug-likeness (QED) is 0.167. The molecule has 4 aromatic rings. The number of carboxylic acids is 1. The molecule has 0 saturated heterocycles. The molecule has 2 aromatic carbocycles. The summed E-state index contributed by atoms with van der Waals surface area (Å²) in [6.45, 7) is 5.63. The molecule has 0 radical (unpaired) electrons. The number of aliphatic carboxylic acids is 1. The van der Waals surface area contributed by atoms with Crippen molar-refractivity contribution < 1.29 is 29.0 Å². The fourth-order valence-corrected chi connectivity index (χ4v) is 10.8. The van der Waals surface area contributed by atoms with Gasteiger partial charge in [0.1, 0.15) is 0 Å². The van der Waals surface area contributed by atoms with Gasteiger partial charge in [-0.05, 0) is 117 Å². The first-order chi connectivity index (χ1) is 28.0. The maximum absolute atomic E-state index is 14.0. The zero-order valence-electron chi connectivity index (χ0n) is 33.6. The molecule has 1 atom stereocenters. The van der Waals surface area contributed by atoms with E-state index < -0.39 is 5.97 Å². The molecule has 2 fully saturated rings. The Morgan fingerprint density at radius 2 is 1.79 bits per heavy atom. The molecule has 9 rings (SSSR count). The van der Waals surface area contributed by atoms with E-state index in [2.05, 4.69) is 32.8 Å². The average Bonchev–Trinajstić information content (AvgIpc) is 4.07. The molecule has 14 nitrogen and oxygen atoms in total. The molecular weight excluding hydrogens is 737 g/mol. The van der Waals surface area contributed by atoms with Gasteiger partial charge in [-0.1, -0.05) is 24.3 Å². The molecule has 1 unspecified atom stereocenters. The number of fused-ring (bicyclic) bond motifs is 5. The minimum atomic E-state index is -0.922. The molecule has 2 aliphatic carbocycles. The smallest absolute Gasteiger partial charge is 0.317 e. The summed E-state index contributed by atoms with van der Waals surface area (Å²) in [4.78, 5) is 60.7. The second-order valence-electron chi connectivity index (χ2n) is 17.2. The van der Waals surface area contributed by atoms with Gasteiger partial charge in [-0.25, -0.2) is 4.98 Å². The van der Waals surface area contributed by atoms with Gasteiger partial charge in [0.05, 0.1) is 30.5 Å². The summed E-state index contributed by atoms with van der Waals surface area (Å²) in [5, 5.41) is 20.1. The van der Waals surface area contributed by atoms with Gasteiger partial charge in [-0.2, -0.15) is 5.10 Å². The second kappa shape index (κ2) is 14.8. The lowest BCUT2D eigenvalue weighted by molar-refractivity contribution is -0.152. The van der Waals surface area contributed by atoms with Crippen molar-refractivity contribution in [2.75, 3.05) is 43.5 Å². The van der Waals surface area contributed by atoms with Crippen LogP contribution in [-0.2, 0) is 47.3 Å². The Hall–Kier alpha value is -5.34. The number of carboxylic acid groups (broad SMARTS) is 1. The lowest BCUT2D eigenvalue weighted by Gasteiger charge is -2.32.